The molecule has 7 heteroatoms. The molecule has 0 unspecified atom stereocenters. The van der Waals surface area contributed by atoms with Crippen molar-refractivity contribution in [1.82, 2.24) is 0 Å². The molecule has 0 aliphatic carbocycles. The Bertz CT molecular complexity index is 893. The SMILES string of the molecule is COc1ccc(C(=O)/C=C/c2cc(OC)c(O)c(OC)c2)cc1C[NH+]1CCOCC1. The second kappa shape index (κ2) is 10.1. The lowest BCUT2D eigenvalue weighted by molar-refractivity contribution is -0.921. The summed E-state index contributed by atoms with van der Waals surface area (Å²) in [5.41, 5.74) is 2.27. The summed E-state index contributed by atoms with van der Waals surface area (Å²) in [5, 5.41) is 10.0. The molecule has 0 radical (unpaired) electrons. The maximum Gasteiger partial charge on any atom is 0.200 e. The van der Waals surface area contributed by atoms with Gasteiger partial charge in [0.2, 0.25) is 5.75 Å². The van der Waals surface area contributed by atoms with Crippen molar-refractivity contribution in [2.75, 3.05) is 47.6 Å². The summed E-state index contributed by atoms with van der Waals surface area (Å²) in [6.07, 6.45) is 3.17. The Hall–Kier alpha value is -3.03. The quantitative estimate of drug-likeness (QED) is 0.506. The van der Waals surface area contributed by atoms with E-state index in [1.807, 2.05) is 12.1 Å². The number of carbonyl (C=O) groups is 1. The zero-order chi connectivity index (χ0) is 21.5. The highest BCUT2D eigenvalue weighted by Crippen LogP contribution is 2.37. The van der Waals surface area contributed by atoms with Gasteiger partial charge < -0.3 is 29.0 Å². The number of quaternary nitrogens is 1. The summed E-state index contributed by atoms with van der Waals surface area (Å²) in [7, 11) is 4.56. The van der Waals surface area contributed by atoms with Crippen molar-refractivity contribution in [3.8, 4) is 23.0 Å². The van der Waals surface area contributed by atoms with Gasteiger partial charge in [0.05, 0.1) is 34.5 Å². The zero-order valence-corrected chi connectivity index (χ0v) is 17.6. The maximum atomic E-state index is 12.8. The topological polar surface area (TPSA) is 78.7 Å². The molecule has 0 atom stereocenters. The lowest BCUT2D eigenvalue weighted by atomic mass is 10.0. The van der Waals surface area contributed by atoms with Crippen molar-refractivity contribution >= 4 is 11.9 Å². The number of rotatable bonds is 8. The fourth-order valence-corrected chi connectivity index (χ4v) is 3.45. The van der Waals surface area contributed by atoms with Crippen LogP contribution >= 0.6 is 0 Å². The number of hydrogen-bond acceptors (Lipinski definition) is 6. The lowest BCUT2D eigenvalue weighted by Gasteiger charge is -2.24. The van der Waals surface area contributed by atoms with Gasteiger partial charge >= 0.3 is 0 Å². The van der Waals surface area contributed by atoms with E-state index >= 15 is 0 Å². The molecular formula is C23H28NO6+. The van der Waals surface area contributed by atoms with Crippen molar-refractivity contribution in [3.05, 3.63) is 53.1 Å². The van der Waals surface area contributed by atoms with Gasteiger partial charge in [0.1, 0.15) is 25.4 Å². The lowest BCUT2D eigenvalue weighted by Crippen LogP contribution is -3.12. The van der Waals surface area contributed by atoms with Crippen LogP contribution in [-0.2, 0) is 11.3 Å². The summed E-state index contributed by atoms with van der Waals surface area (Å²) in [5.74, 6) is 1.14. The van der Waals surface area contributed by atoms with Gasteiger partial charge in [0.15, 0.2) is 17.3 Å². The highest BCUT2D eigenvalue weighted by Gasteiger charge is 2.18. The number of aromatic hydroxyl groups is 1. The molecule has 1 aliphatic heterocycles. The first-order chi connectivity index (χ1) is 14.5. The van der Waals surface area contributed by atoms with Crippen molar-refractivity contribution in [2.45, 2.75) is 6.54 Å². The van der Waals surface area contributed by atoms with Crippen LogP contribution in [0.25, 0.3) is 6.08 Å². The number of ketones is 1. The van der Waals surface area contributed by atoms with Gasteiger partial charge in [0, 0.05) is 11.1 Å². The number of phenolic OH excluding ortho intramolecular Hbond substituents is 1. The first kappa shape index (κ1) is 21.7. The van der Waals surface area contributed by atoms with Crippen LogP contribution in [0.15, 0.2) is 36.4 Å². The molecule has 1 aliphatic rings. The fourth-order valence-electron chi connectivity index (χ4n) is 3.45. The van der Waals surface area contributed by atoms with Crippen molar-refractivity contribution < 1.29 is 33.7 Å². The van der Waals surface area contributed by atoms with Gasteiger partial charge in [-0.05, 0) is 42.0 Å². The molecular weight excluding hydrogens is 386 g/mol. The number of ether oxygens (including phenoxy) is 4. The minimum Gasteiger partial charge on any atom is -0.502 e. The van der Waals surface area contributed by atoms with Crippen molar-refractivity contribution in [3.63, 3.8) is 0 Å². The minimum absolute atomic E-state index is 0.0751. The number of morpholine rings is 1. The first-order valence-electron chi connectivity index (χ1n) is 9.81. The zero-order valence-electron chi connectivity index (χ0n) is 17.6. The fraction of sp³-hybridized carbons (Fsp3) is 0.348. The molecule has 0 spiro atoms. The Morgan fingerprint density at radius 2 is 1.67 bits per heavy atom. The normalized spacial score (nSPS) is 14.6. The van der Waals surface area contributed by atoms with Gasteiger partial charge in [-0.1, -0.05) is 6.08 Å². The van der Waals surface area contributed by atoms with Crippen molar-refractivity contribution in [2.24, 2.45) is 0 Å². The summed E-state index contributed by atoms with van der Waals surface area (Å²) in [6, 6.07) is 8.78. The molecule has 0 saturated carbocycles. The van der Waals surface area contributed by atoms with E-state index in [9.17, 15) is 9.90 Å². The van der Waals surface area contributed by atoms with E-state index in [1.54, 1.807) is 31.4 Å². The van der Waals surface area contributed by atoms with E-state index in [2.05, 4.69) is 0 Å². The predicted octanol–water partition coefficient (Wildman–Crippen LogP) is 1.73. The summed E-state index contributed by atoms with van der Waals surface area (Å²) in [4.78, 5) is 14.2. The van der Waals surface area contributed by atoms with E-state index in [0.29, 0.717) is 11.1 Å². The number of methoxy groups -OCH3 is 3. The Labute approximate surface area is 176 Å². The number of carbonyl (C=O) groups excluding carboxylic acids is 1. The number of benzene rings is 2. The molecule has 0 bridgehead atoms. The molecule has 2 aromatic carbocycles. The highest BCUT2D eigenvalue weighted by molar-refractivity contribution is 6.07. The second-order valence-electron chi connectivity index (χ2n) is 7.04. The Balaban J connectivity index is 1.80. The predicted molar refractivity (Wildman–Crippen MR) is 113 cm³/mol. The van der Waals surface area contributed by atoms with Crippen LogP contribution in [0.4, 0.5) is 0 Å². The van der Waals surface area contributed by atoms with E-state index < -0.39 is 0 Å². The molecule has 2 N–H and O–H groups in total. The largest absolute Gasteiger partial charge is 0.502 e. The Kier molecular flexibility index (Phi) is 7.32. The van der Waals surface area contributed by atoms with Crippen LogP contribution in [0.2, 0.25) is 0 Å². The molecule has 1 fully saturated rings. The highest BCUT2D eigenvalue weighted by atomic mass is 16.5. The molecule has 1 heterocycles. The molecule has 2 aromatic rings. The third-order valence-electron chi connectivity index (χ3n) is 5.13. The van der Waals surface area contributed by atoms with Gasteiger partial charge in [-0.25, -0.2) is 0 Å². The standard InChI is InChI=1S/C23H27NO6/c1-27-20-7-5-17(14-18(20)15-24-8-10-30-11-9-24)19(25)6-4-16-12-21(28-2)23(26)22(13-16)29-3/h4-7,12-14,26H,8-11,15H2,1-3H3/p+1/b6-4+. The van der Waals surface area contributed by atoms with E-state index in [4.69, 9.17) is 18.9 Å². The number of hydrogen-bond donors (Lipinski definition) is 2. The van der Waals surface area contributed by atoms with Gasteiger partial charge in [-0.2, -0.15) is 0 Å². The average molecular weight is 414 g/mol. The third kappa shape index (κ3) is 5.11. The smallest absolute Gasteiger partial charge is 0.200 e. The van der Waals surface area contributed by atoms with Crippen LogP contribution < -0.4 is 19.1 Å². The monoisotopic (exact) mass is 414 g/mol. The van der Waals surface area contributed by atoms with Crippen LogP contribution in [0.5, 0.6) is 23.0 Å². The Morgan fingerprint density at radius 3 is 2.27 bits per heavy atom. The third-order valence-corrected chi connectivity index (χ3v) is 5.13. The minimum atomic E-state index is -0.123. The second-order valence-corrected chi connectivity index (χ2v) is 7.04. The van der Waals surface area contributed by atoms with Crippen LogP contribution in [-0.4, -0.2) is 58.5 Å². The van der Waals surface area contributed by atoms with E-state index in [0.717, 1.165) is 44.2 Å². The molecule has 160 valence electrons. The number of phenols is 1. The number of nitrogens with one attached hydrogen (secondary N) is 1. The van der Waals surface area contributed by atoms with Crippen LogP contribution in [0, 0.1) is 0 Å². The average Bonchev–Trinajstić information content (AvgIpc) is 2.78. The van der Waals surface area contributed by atoms with Gasteiger partial charge in [0.25, 0.3) is 0 Å². The first-order valence-corrected chi connectivity index (χ1v) is 9.81. The molecule has 0 aromatic heterocycles. The van der Waals surface area contributed by atoms with Gasteiger partial charge in [-0.15, -0.1) is 0 Å². The summed E-state index contributed by atoms with van der Waals surface area (Å²) < 4.78 is 21.2. The van der Waals surface area contributed by atoms with E-state index in [1.165, 1.54) is 25.2 Å². The van der Waals surface area contributed by atoms with Gasteiger partial charge in [-0.3, -0.25) is 4.79 Å². The maximum absolute atomic E-state index is 12.8. The summed E-state index contributed by atoms with van der Waals surface area (Å²) >= 11 is 0. The molecule has 1 saturated heterocycles. The number of allylic oxidation sites excluding steroid dienone is 1. The molecule has 3 rings (SSSR count). The molecule has 30 heavy (non-hydrogen) atoms. The summed E-state index contributed by atoms with van der Waals surface area (Å²) in [6.45, 7) is 4.15. The van der Waals surface area contributed by atoms with Crippen LogP contribution in [0.1, 0.15) is 21.5 Å². The van der Waals surface area contributed by atoms with Crippen molar-refractivity contribution in [1.29, 1.82) is 0 Å². The van der Waals surface area contributed by atoms with E-state index in [-0.39, 0.29) is 23.0 Å². The molecule has 7 nitrogen and oxygen atoms in total. The molecule has 0 amide bonds. The van der Waals surface area contributed by atoms with Crippen LogP contribution in [0.3, 0.4) is 0 Å². The Morgan fingerprint density at radius 1 is 1.03 bits per heavy atom.